The largest absolute Gasteiger partial charge is 0.495 e. The van der Waals surface area contributed by atoms with Crippen LogP contribution in [0.2, 0.25) is 0 Å². The molecule has 1 aromatic heterocycles. The first-order chi connectivity index (χ1) is 13.2. The zero-order valence-electron chi connectivity index (χ0n) is 15.4. The standard InChI is InChI=1S/C19H23N5O3/c1-27-15-7-3-2-6-14(15)24-12-13(10-18(24)25)19(26)20-11-17-22-21-16-8-4-5-9-23(16)17/h2-3,6-7,13H,4-5,8-12H2,1H3,(H,20,26)/t13-/m1/s1. The summed E-state index contributed by atoms with van der Waals surface area (Å²) < 4.78 is 7.43. The molecule has 0 unspecified atom stereocenters. The number of amides is 2. The van der Waals surface area contributed by atoms with Gasteiger partial charge in [0.05, 0.1) is 25.3 Å². The number of hydrogen-bond donors (Lipinski definition) is 1. The van der Waals surface area contributed by atoms with Gasteiger partial charge in [-0.25, -0.2) is 0 Å². The maximum absolute atomic E-state index is 12.6. The Morgan fingerprint density at radius 1 is 1.30 bits per heavy atom. The van der Waals surface area contributed by atoms with Crippen molar-refractivity contribution in [2.75, 3.05) is 18.6 Å². The van der Waals surface area contributed by atoms with Crippen molar-refractivity contribution in [2.24, 2.45) is 5.92 Å². The highest BCUT2D eigenvalue weighted by Crippen LogP contribution is 2.32. The number of nitrogens with one attached hydrogen (secondary N) is 1. The van der Waals surface area contributed by atoms with E-state index in [1.165, 1.54) is 0 Å². The molecule has 3 heterocycles. The molecule has 8 heteroatoms. The van der Waals surface area contributed by atoms with Crippen LogP contribution < -0.4 is 15.0 Å². The Hall–Kier alpha value is -2.90. The third-order valence-electron chi connectivity index (χ3n) is 5.23. The van der Waals surface area contributed by atoms with E-state index in [2.05, 4.69) is 20.1 Å². The lowest BCUT2D eigenvalue weighted by Gasteiger charge is -2.19. The smallest absolute Gasteiger partial charge is 0.227 e. The summed E-state index contributed by atoms with van der Waals surface area (Å²) in [5, 5.41) is 11.3. The number of aryl methyl sites for hydroxylation is 1. The molecule has 2 aliphatic heterocycles. The molecular formula is C19H23N5O3. The van der Waals surface area contributed by atoms with Gasteiger partial charge >= 0.3 is 0 Å². The van der Waals surface area contributed by atoms with Crippen LogP contribution in [0.1, 0.15) is 30.9 Å². The molecule has 4 rings (SSSR count). The fourth-order valence-electron chi connectivity index (χ4n) is 3.78. The summed E-state index contributed by atoms with van der Waals surface area (Å²) in [4.78, 5) is 26.7. The first-order valence-corrected chi connectivity index (χ1v) is 9.29. The van der Waals surface area contributed by atoms with E-state index in [-0.39, 0.29) is 24.2 Å². The summed E-state index contributed by atoms with van der Waals surface area (Å²) in [6.45, 7) is 1.59. The Morgan fingerprint density at radius 3 is 3.00 bits per heavy atom. The lowest BCUT2D eigenvalue weighted by molar-refractivity contribution is -0.126. The first-order valence-electron chi connectivity index (χ1n) is 9.29. The molecule has 0 saturated carbocycles. The van der Waals surface area contributed by atoms with Gasteiger partial charge in [-0.2, -0.15) is 0 Å². The number of carbonyl (C=O) groups is 2. The second kappa shape index (κ2) is 7.38. The predicted octanol–water partition coefficient (Wildman–Crippen LogP) is 1.29. The van der Waals surface area contributed by atoms with Crippen molar-refractivity contribution < 1.29 is 14.3 Å². The van der Waals surface area contributed by atoms with Crippen LogP contribution in [-0.4, -0.2) is 40.2 Å². The van der Waals surface area contributed by atoms with Crippen LogP contribution >= 0.6 is 0 Å². The molecule has 142 valence electrons. The lowest BCUT2D eigenvalue weighted by atomic mass is 10.1. The Bertz CT molecular complexity index is 863. The highest BCUT2D eigenvalue weighted by molar-refractivity contribution is 6.01. The fraction of sp³-hybridized carbons (Fsp3) is 0.474. The number of carbonyl (C=O) groups excluding carboxylic acids is 2. The maximum Gasteiger partial charge on any atom is 0.227 e. The number of hydrogen-bond acceptors (Lipinski definition) is 5. The molecule has 1 atom stereocenters. The normalized spacial score (nSPS) is 19.1. The number of fused-ring (bicyclic) bond motifs is 1. The predicted molar refractivity (Wildman–Crippen MR) is 98.3 cm³/mol. The van der Waals surface area contributed by atoms with Gasteiger partial charge in [0, 0.05) is 25.9 Å². The molecule has 27 heavy (non-hydrogen) atoms. The van der Waals surface area contributed by atoms with Gasteiger partial charge in [-0.05, 0) is 25.0 Å². The molecular weight excluding hydrogens is 346 g/mol. The van der Waals surface area contributed by atoms with Gasteiger partial charge in [-0.3, -0.25) is 9.59 Å². The van der Waals surface area contributed by atoms with E-state index in [9.17, 15) is 9.59 Å². The molecule has 1 N–H and O–H groups in total. The summed E-state index contributed by atoms with van der Waals surface area (Å²) in [6, 6.07) is 7.35. The monoisotopic (exact) mass is 369 g/mol. The second-order valence-electron chi connectivity index (χ2n) is 6.94. The van der Waals surface area contributed by atoms with E-state index in [0.717, 1.165) is 37.5 Å². The van der Waals surface area contributed by atoms with Crippen LogP contribution in [0.4, 0.5) is 5.69 Å². The lowest BCUT2D eigenvalue weighted by Crippen LogP contribution is -2.33. The second-order valence-corrected chi connectivity index (χ2v) is 6.94. The molecule has 8 nitrogen and oxygen atoms in total. The molecule has 0 radical (unpaired) electrons. The quantitative estimate of drug-likeness (QED) is 0.858. The highest BCUT2D eigenvalue weighted by Gasteiger charge is 2.36. The van der Waals surface area contributed by atoms with E-state index in [1.807, 2.05) is 24.3 Å². The van der Waals surface area contributed by atoms with Crippen LogP contribution in [0.5, 0.6) is 5.75 Å². The number of aromatic nitrogens is 3. The van der Waals surface area contributed by atoms with Crippen LogP contribution in [0.15, 0.2) is 24.3 Å². The van der Waals surface area contributed by atoms with Crippen molar-refractivity contribution in [3.05, 3.63) is 35.9 Å². The van der Waals surface area contributed by atoms with Gasteiger partial charge in [0.15, 0.2) is 5.82 Å². The Balaban J connectivity index is 1.40. The van der Waals surface area contributed by atoms with Gasteiger partial charge in [0.1, 0.15) is 11.6 Å². The molecule has 0 bridgehead atoms. The van der Waals surface area contributed by atoms with E-state index in [1.54, 1.807) is 12.0 Å². The number of anilines is 1. The number of benzene rings is 1. The molecule has 2 amide bonds. The van der Waals surface area contributed by atoms with Gasteiger partial charge in [-0.1, -0.05) is 12.1 Å². The van der Waals surface area contributed by atoms with Crippen LogP contribution in [-0.2, 0) is 29.1 Å². The maximum atomic E-state index is 12.6. The number of ether oxygens (including phenoxy) is 1. The van der Waals surface area contributed by atoms with E-state index >= 15 is 0 Å². The highest BCUT2D eigenvalue weighted by atomic mass is 16.5. The van der Waals surface area contributed by atoms with Crippen molar-refractivity contribution in [2.45, 2.75) is 38.8 Å². The number of nitrogens with zero attached hydrogens (tertiary/aromatic N) is 4. The summed E-state index contributed by atoms with van der Waals surface area (Å²) in [5.74, 6) is 1.81. The fourth-order valence-corrected chi connectivity index (χ4v) is 3.78. The van der Waals surface area contributed by atoms with Crippen LogP contribution in [0.25, 0.3) is 0 Å². The van der Waals surface area contributed by atoms with Crippen molar-refractivity contribution in [1.82, 2.24) is 20.1 Å². The first kappa shape index (κ1) is 17.5. The average Bonchev–Trinajstić information content (AvgIpc) is 3.29. The zero-order valence-corrected chi connectivity index (χ0v) is 15.4. The van der Waals surface area contributed by atoms with Crippen molar-refractivity contribution >= 4 is 17.5 Å². The van der Waals surface area contributed by atoms with Gasteiger partial charge in [-0.15, -0.1) is 10.2 Å². The summed E-state index contributed by atoms with van der Waals surface area (Å²) in [6.07, 6.45) is 3.37. The minimum Gasteiger partial charge on any atom is -0.495 e. The zero-order chi connectivity index (χ0) is 18.8. The molecule has 2 aromatic rings. The van der Waals surface area contributed by atoms with E-state index in [0.29, 0.717) is 24.5 Å². The van der Waals surface area contributed by atoms with Crippen molar-refractivity contribution in [1.29, 1.82) is 0 Å². The molecule has 1 saturated heterocycles. The SMILES string of the molecule is COc1ccccc1N1C[C@H](C(=O)NCc2nnc3n2CCCC3)CC1=O. The number of rotatable bonds is 5. The van der Waals surface area contributed by atoms with Crippen molar-refractivity contribution in [3.63, 3.8) is 0 Å². The van der Waals surface area contributed by atoms with E-state index < -0.39 is 0 Å². The molecule has 1 aromatic carbocycles. The molecule has 1 fully saturated rings. The van der Waals surface area contributed by atoms with E-state index in [4.69, 9.17) is 4.74 Å². The average molecular weight is 369 g/mol. The van der Waals surface area contributed by atoms with Gasteiger partial charge in [0.25, 0.3) is 0 Å². The summed E-state index contributed by atoms with van der Waals surface area (Å²) >= 11 is 0. The summed E-state index contributed by atoms with van der Waals surface area (Å²) in [5.41, 5.74) is 0.701. The Kier molecular flexibility index (Phi) is 4.79. The van der Waals surface area contributed by atoms with Crippen molar-refractivity contribution in [3.8, 4) is 5.75 Å². The topological polar surface area (TPSA) is 89.3 Å². The van der Waals surface area contributed by atoms with Gasteiger partial charge < -0.3 is 19.5 Å². The Morgan fingerprint density at radius 2 is 2.15 bits per heavy atom. The number of methoxy groups -OCH3 is 1. The minimum absolute atomic E-state index is 0.0699. The third kappa shape index (κ3) is 3.39. The molecule has 2 aliphatic rings. The third-order valence-corrected chi connectivity index (χ3v) is 5.23. The Labute approximate surface area is 157 Å². The van der Waals surface area contributed by atoms with Crippen LogP contribution in [0, 0.1) is 5.92 Å². The summed E-state index contributed by atoms with van der Waals surface area (Å²) in [7, 11) is 1.57. The molecule has 0 spiro atoms. The minimum atomic E-state index is -0.383. The number of para-hydroxylation sites is 2. The molecule has 0 aliphatic carbocycles. The van der Waals surface area contributed by atoms with Gasteiger partial charge in [0.2, 0.25) is 11.8 Å². The van der Waals surface area contributed by atoms with Crippen LogP contribution in [0.3, 0.4) is 0 Å².